The molecule has 4 rings (SSSR count). The van der Waals surface area contributed by atoms with Gasteiger partial charge in [0, 0.05) is 43.2 Å². The lowest BCUT2D eigenvalue weighted by atomic mass is 10.2. The van der Waals surface area contributed by atoms with E-state index in [9.17, 15) is 18.0 Å². The van der Waals surface area contributed by atoms with E-state index in [1.807, 2.05) is 6.20 Å². The quantitative estimate of drug-likeness (QED) is 0.669. The lowest BCUT2D eigenvalue weighted by Crippen LogP contribution is -2.26. The Morgan fingerprint density at radius 3 is 2.78 bits per heavy atom. The highest BCUT2D eigenvalue weighted by Crippen LogP contribution is 2.41. The van der Waals surface area contributed by atoms with E-state index in [4.69, 9.17) is 0 Å². The zero-order valence-electron chi connectivity index (χ0n) is 14.3. The van der Waals surface area contributed by atoms with Crippen LogP contribution < -0.4 is 5.32 Å². The van der Waals surface area contributed by atoms with Crippen molar-refractivity contribution in [2.24, 2.45) is 0 Å². The molecule has 1 fully saturated rings. The third kappa shape index (κ3) is 3.79. The Morgan fingerprint density at radius 2 is 2.11 bits per heavy atom. The number of nitrogens with zero attached hydrogens (tertiary/aromatic N) is 5. The van der Waals surface area contributed by atoms with Crippen LogP contribution in [0.5, 0.6) is 0 Å². The molecule has 27 heavy (non-hydrogen) atoms. The Hall–Kier alpha value is -2.91. The fourth-order valence-electron chi connectivity index (χ4n) is 2.86. The van der Waals surface area contributed by atoms with Crippen molar-refractivity contribution in [3.8, 4) is 0 Å². The highest BCUT2D eigenvalue weighted by molar-refractivity contribution is 5.93. The van der Waals surface area contributed by atoms with Crippen molar-refractivity contribution in [2.45, 2.75) is 37.9 Å². The van der Waals surface area contributed by atoms with Crippen LogP contribution in [-0.2, 0) is 12.7 Å². The predicted molar refractivity (Wildman–Crippen MR) is 89.1 cm³/mol. The zero-order chi connectivity index (χ0) is 19.0. The summed E-state index contributed by atoms with van der Waals surface area (Å²) in [7, 11) is 0. The fraction of sp³-hybridized carbons (Fsp3) is 0.412. The van der Waals surface area contributed by atoms with Crippen molar-refractivity contribution in [3.63, 3.8) is 0 Å². The minimum Gasteiger partial charge on any atom is -0.351 e. The number of rotatable bonds is 6. The van der Waals surface area contributed by atoms with Crippen LogP contribution in [0.3, 0.4) is 0 Å². The van der Waals surface area contributed by atoms with E-state index in [1.54, 1.807) is 16.9 Å². The van der Waals surface area contributed by atoms with E-state index in [0.29, 0.717) is 29.7 Å². The van der Waals surface area contributed by atoms with Crippen LogP contribution in [0.2, 0.25) is 0 Å². The zero-order valence-corrected chi connectivity index (χ0v) is 14.3. The maximum Gasteiger partial charge on any atom is 0.433 e. The summed E-state index contributed by atoms with van der Waals surface area (Å²) in [5, 5.41) is 10.6. The lowest BCUT2D eigenvalue weighted by molar-refractivity contribution is -0.142. The van der Waals surface area contributed by atoms with E-state index in [-0.39, 0.29) is 17.3 Å². The van der Waals surface area contributed by atoms with Crippen molar-refractivity contribution < 1.29 is 18.0 Å². The van der Waals surface area contributed by atoms with Gasteiger partial charge in [0.2, 0.25) is 0 Å². The number of hydrogen-bond acceptors (Lipinski definition) is 4. The molecule has 3 aromatic rings. The van der Waals surface area contributed by atoms with Crippen LogP contribution in [-0.4, -0.2) is 36.8 Å². The molecular weight excluding hydrogens is 361 g/mol. The van der Waals surface area contributed by atoms with Gasteiger partial charge >= 0.3 is 6.18 Å². The maximum absolute atomic E-state index is 13.4. The Morgan fingerprint density at radius 1 is 1.30 bits per heavy atom. The molecule has 0 unspecified atom stereocenters. The standard InChI is InChI=1S/C17H17F3N6O/c18-17(19,20)14-9-12(11-3-4-11)23-15-10-13(24-26(14)15)16(27)21-5-1-7-25-8-2-6-22-25/h2,6,8-11H,1,3-5,7H2,(H,21,27). The van der Waals surface area contributed by atoms with Gasteiger partial charge in [0.1, 0.15) is 5.69 Å². The molecule has 10 heteroatoms. The Balaban J connectivity index is 1.50. The number of hydrogen-bond donors (Lipinski definition) is 1. The van der Waals surface area contributed by atoms with Gasteiger partial charge in [0.15, 0.2) is 11.3 Å². The monoisotopic (exact) mass is 378 g/mol. The van der Waals surface area contributed by atoms with Crippen LogP contribution >= 0.6 is 0 Å². The summed E-state index contributed by atoms with van der Waals surface area (Å²) >= 11 is 0. The summed E-state index contributed by atoms with van der Waals surface area (Å²) in [6.45, 7) is 0.989. The SMILES string of the molecule is O=C(NCCCn1cccn1)c1cc2nc(C3CC3)cc(C(F)(F)F)n2n1. The van der Waals surface area contributed by atoms with E-state index in [2.05, 4.69) is 20.5 Å². The minimum atomic E-state index is -4.58. The van der Waals surface area contributed by atoms with Crippen molar-refractivity contribution >= 4 is 11.6 Å². The van der Waals surface area contributed by atoms with Gasteiger partial charge in [-0.2, -0.15) is 23.4 Å². The first kappa shape index (κ1) is 17.5. The molecule has 0 aliphatic heterocycles. The summed E-state index contributed by atoms with van der Waals surface area (Å²) in [5.74, 6) is -0.465. The minimum absolute atomic E-state index is 0.0356. The molecule has 0 bridgehead atoms. The van der Waals surface area contributed by atoms with Gasteiger partial charge in [-0.25, -0.2) is 9.50 Å². The van der Waals surface area contributed by atoms with Crippen molar-refractivity contribution in [1.82, 2.24) is 29.7 Å². The summed E-state index contributed by atoms with van der Waals surface area (Å²) in [6.07, 6.45) is 1.20. The average Bonchev–Trinajstić information content (AvgIpc) is 3.17. The second-order valence-corrected chi connectivity index (χ2v) is 6.52. The fourth-order valence-corrected chi connectivity index (χ4v) is 2.86. The topological polar surface area (TPSA) is 77.1 Å². The van der Waals surface area contributed by atoms with Crippen LogP contribution in [0.25, 0.3) is 5.65 Å². The first-order valence-electron chi connectivity index (χ1n) is 8.65. The van der Waals surface area contributed by atoms with Crippen LogP contribution in [0, 0.1) is 0 Å². The number of amides is 1. The molecule has 0 spiro atoms. The Bertz CT molecular complexity index is 959. The number of carbonyl (C=O) groups is 1. The Labute approximate surface area is 152 Å². The third-order valence-electron chi connectivity index (χ3n) is 4.37. The largest absolute Gasteiger partial charge is 0.433 e. The molecule has 0 aromatic carbocycles. The van der Waals surface area contributed by atoms with E-state index < -0.39 is 17.8 Å². The molecule has 1 aliphatic rings. The molecule has 142 valence electrons. The third-order valence-corrected chi connectivity index (χ3v) is 4.37. The molecule has 0 atom stereocenters. The highest BCUT2D eigenvalue weighted by Gasteiger charge is 2.37. The molecule has 1 N–H and O–H groups in total. The summed E-state index contributed by atoms with van der Waals surface area (Å²) < 4.78 is 42.6. The van der Waals surface area contributed by atoms with Crippen LogP contribution in [0.4, 0.5) is 13.2 Å². The van der Waals surface area contributed by atoms with Crippen molar-refractivity contribution in [3.05, 3.63) is 47.7 Å². The van der Waals surface area contributed by atoms with E-state index >= 15 is 0 Å². The predicted octanol–water partition coefficient (Wildman–Crippen LogP) is 2.64. The van der Waals surface area contributed by atoms with Crippen LogP contribution in [0.15, 0.2) is 30.6 Å². The van der Waals surface area contributed by atoms with Gasteiger partial charge in [-0.05, 0) is 31.4 Å². The van der Waals surface area contributed by atoms with Gasteiger partial charge < -0.3 is 5.32 Å². The van der Waals surface area contributed by atoms with Gasteiger partial charge in [-0.3, -0.25) is 9.48 Å². The summed E-state index contributed by atoms with van der Waals surface area (Å²) in [5.41, 5.74) is -0.554. The van der Waals surface area contributed by atoms with E-state index in [1.165, 1.54) is 6.07 Å². The van der Waals surface area contributed by atoms with Gasteiger partial charge in [0.05, 0.1) is 0 Å². The van der Waals surface area contributed by atoms with Crippen molar-refractivity contribution in [1.29, 1.82) is 0 Å². The molecule has 1 aliphatic carbocycles. The molecule has 3 aromatic heterocycles. The van der Waals surface area contributed by atoms with Crippen LogP contribution in [0.1, 0.15) is 47.1 Å². The number of alkyl halides is 3. The number of nitrogens with one attached hydrogen (secondary N) is 1. The van der Waals surface area contributed by atoms with E-state index in [0.717, 1.165) is 18.9 Å². The maximum atomic E-state index is 13.4. The molecular formula is C17H17F3N6O. The molecule has 0 radical (unpaired) electrons. The number of halogens is 3. The molecule has 1 amide bonds. The molecule has 0 saturated heterocycles. The highest BCUT2D eigenvalue weighted by atomic mass is 19.4. The first-order valence-corrected chi connectivity index (χ1v) is 8.65. The average molecular weight is 378 g/mol. The summed E-state index contributed by atoms with van der Waals surface area (Å²) in [4.78, 5) is 16.5. The normalized spacial score (nSPS) is 14.6. The van der Waals surface area contributed by atoms with Gasteiger partial charge in [-0.15, -0.1) is 0 Å². The summed E-state index contributed by atoms with van der Waals surface area (Å²) in [6, 6.07) is 4.13. The molecule has 1 saturated carbocycles. The Kier molecular flexibility index (Phi) is 4.33. The number of aromatic nitrogens is 5. The second-order valence-electron chi connectivity index (χ2n) is 6.52. The smallest absolute Gasteiger partial charge is 0.351 e. The van der Waals surface area contributed by atoms with Gasteiger partial charge in [-0.1, -0.05) is 0 Å². The second kappa shape index (κ2) is 6.67. The van der Waals surface area contributed by atoms with Gasteiger partial charge in [0.25, 0.3) is 5.91 Å². The first-order chi connectivity index (χ1) is 12.9. The number of fused-ring (bicyclic) bond motifs is 1. The molecule has 3 heterocycles. The lowest BCUT2D eigenvalue weighted by Gasteiger charge is -2.10. The number of carbonyl (C=O) groups excluding carboxylic acids is 1. The molecule has 7 nitrogen and oxygen atoms in total. The number of aryl methyl sites for hydroxylation is 1. The van der Waals surface area contributed by atoms with Crippen molar-refractivity contribution in [2.75, 3.05) is 6.54 Å².